The van der Waals surface area contributed by atoms with Crippen LogP contribution in [-0.4, -0.2) is 53.6 Å². The number of nitrogens with zero attached hydrogens (tertiary/aromatic N) is 1. The summed E-state index contributed by atoms with van der Waals surface area (Å²) in [6.45, 7) is 3.45. The molecule has 5 heteroatoms. The van der Waals surface area contributed by atoms with Crippen molar-refractivity contribution in [3.8, 4) is 0 Å². The van der Waals surface area contributed by atoms with Gasteiger partial charge in [-0.05, 0) is 44.9 Å². The molecule has 0 aliphatic carbocycles. The predicted molar refractivity (Wildman–Crippen MR) is 77.6 cm³/mol. The van der Waals surface area contributed by atoms with E-state index in [1.54, 1.807) is 0 Å². The van der Waals surface area contributed by atoms with Gasteiger partial charge in [-0.3, -0.25) is 4.79 Å². The summed E-state index contributed by atoms with van der Waals surface area (Å²) < 4.78 is 11.4. The fourth-order valence-corrected chi connectivity index (χ4v) is 3.81. The molecule has 5 unspecified atom stereocenters. The summed E-state index contributed by atoms with van der Waals surface area (Å²) in [5.41, 5.74) is 0. The first-order chi connectivity index (χ1) is 10.2. The summed E-state index contributed by atoms with van der Waals surface area (Å²) in [5, 5.41) is 10.4. The summed E-state index contributed by atoms with van der Waals surface area (Å²) in [4.78, 5) is 14.0. The van der Waals surface area contributed by atoms with Gasteiger partial charge in [-0.2, -0.15) is 0 Å². The van der Waals surface area contributed by atoms with E-state index >= 15 is 0 Å². The Morgan fingerprint density at radius 1 is 1.19 bits per heavy atom. The molecule has 21 heavy (non-hydrogen) atoms. The molecule has 5 nitrogen and oxygen atoms in total. The first kappa shape index (κ1) is 15.3. The molecule has 0 aromatic rings. The smallest absolute Gasteiger partial charge is 0.229 e. The lowest BCUT2D eigenvalue weighted by atomic mass is 9.82. The maximum atomic E-state index is 12.2. The Hall–Kier alpha value is -0.650. The number of rotatable bonds is 4. The summed E-state index contributed by atoms with van der Waals surface area (Å²) in [7, 11) is 0. The molecule has 5 atom stereocenters. The number of amides is 1. The number of hydrogen-bond acceptors (Lipinski definition) is 4. The third-order valence-electron chi connectivity index (χ3n) is 5.17. The molecule has 0 saturated carbocycles. The minimum atomic E-state index is -0.475. The van der Waals surface area contributed by atoms with Crippen LogP contribution in [-0.2, 0) is 14.3 Å². The molecule has 3 heterocycles. The molecule has 0 aromatic heterocycles. The highest BCUT2D eigenvalue weighted by molar-refractivity contribution is 5.85. The van der Waals surface area contributed by atoms with Crippen LogP contribution in [0.15, 0.2) is 0 Å². The number of carbonyl (C=O) groups is 1. The van der Waals surface area contributed by atoms with Gasteiger partial charge in [0.2, 0.25) is 5.91 Å². The van der Waals surface area contributed by atoms with Crippen LogP contribution in [0.3, 0.4) is 0 Å². The standard InChI is InChI=1S/C16H27NO4/c1-11-12(10-13(18)14-6-2-4-8-20-14)17(16(11)19)15-7-3-5-9-21-15/h11-15,18H,2-10H2,1H3. The molecule has 3 aliphatic heterocycles. The van der Waals surface area contributed by atoms with Gasteiger partial charge in [-0.1, -0.05) is 6.92 Å². The average molecular weight is 297 g/mol. The summed E-state index contributed by atoms with van der Waals surface area (Å²) in [6, 6.07) is 0.0983. The van der Waals surface area contributed by atoms with E-state index in [1.165, 1.54) is 0 Å². The van der Waals surface area contributed by atoms with Crippen LogP contribution in [0.2, 0.25) is 0 Å². The third kappa shape index (κ3) is 3.10. The van der Waals surface area contributed by atoms with Crippen molar-refractivity contribution in [1.29, 1.82) is 0 Å². The molecule has 1 N–H and O–H groups in total. The van der Waals surface area contributed by atoms with E-state index in [2.05, 4.69) is 0 Å². The van der Waals surface area contributed by atoms with Gasteiger partial charge in [0.15, 0.2) is 0 Å². The quantitative estimate of drug-likeness (QED) is 0.802. The van der Waals surface area contributed by atoms with Gasteiger partial charge < -0.3 is 19.5 Å². The van der Waals surface area contributed by atoms with Crippen molar-refractivity contribution < 1.29 is 19.4 Å². The molecule has 0 aromatic carbocycles. The fraction of sp³-hybridized carbons (Fsp3) is 0.938. The zero-order valence-electron chi connectivity index (χ0n) is 12.9. The Morgan fingerprint density at radius 2 is 1.90 bits per heavy atom. The first-order valence-electron chi connectivity index (χ1n) is 8.42. The third-order valence-corrected chi connectivity index (χ3v) is 5.17. The first-order valence-corrected chi connectivity index (χ1v) is 8.42. The van der Waals surface area contributed by atoms with Crippen molar-refractivity contribution in [1.82, 2.24) is 4.90 Å². The van der Waals surface area contributed by atoms with Crippen LogP contribution in [0.4, 0.5) is 0 Å². The number of aliphatic hydroxyl groups excluding tert-OH is 1. The highest BCUT2D eigenvalue weighted by atomic mass is 16.5. The molecule has 1 amide bonds. The Kier molecular flexibility index (Phi) is 4.82. The second-order valence-electron chi connectivity index (χ2n) is 6.63. The molecular formula is C16H27NO4. The maximum absolute atomic E-state index is 12.2. The molecule has 3 saturated heterocycles. The zero-order chi connectivity index (χ0) is 14.8. The Morgan fingerprint density at radius 3 is 2.52 bits per heavy atom. The Labute approximate surface area is 126 Å². The van der Waals surface area contributed by atoms with Crippen molar-refractivity contribution >= 4 is 5.91 Å². The maximum Gasteiger partial charge on any atom is 0.229 e. The van der Waals surface area contributed by atoms with Crippen LogP contribution in [0.5, 0.6) is 0 Å². The summed E-state index contributed by atoms with van der Waals surface area (Å²) in [6.07, 6.45) is 6.25. The Bertz CT molecular complexity index is 363. The topological polar surface area (TPSA) is 59.0 Å². The van der Waals surface area contributed by atoms with Crippen molar-refractivity contribution in [3.63, 3.8) is 0 Å². The molecule has 3 aliphatic rings. The van der Waals surface area contributed by atoms with Crippen LogP contribution >= 0.6 is 0 Å². The largest absolute Gasteiger partial charge is 0.390 e. The minimum absolute atomic E-state index is 0.00577. The lowest BCUT2D eigenvalue weighted by Crippen LogP contribution is -2.65. The van der Waals surface area contributed by atoms with E-state index in [9.17, 15) is 9.90 Å². The number of likely N-dealkylation sites (tertiary alicyclic amines) is 1. The van der Waals surface area contributed by atoms with Crippen molar-refractivity contribution in [2.24, 2.45) is 5.92 Å². The Balaban J connectivity index is 1.58. The number of aliphatic hydroxyl groups is 1. The van der Waals surface area contributed by atoms with Gasteiger partial charge in [-0.15, -0.1) is 0 Å². The predicted octanol–water partition coefficient (Wildman–Crippen LogP) is 1.68. The van der Waals surface area contributed by atoms with E-state index in [0.717, 1.165) is 51.7 Å². The van der Waals surface area contributed by atoms with E-state index in [4.69, 9.17) is 9.47 Å². The molecule has 0 spiro atoms. The molecule has 0 bridgehead atoms. The van der Waals surface area contributed by atoms with E-state index in [1.807, 2.05) is 11.8 Å². The summed E-state index contributed by atoms with van der Waals surface area (Å²) in [5.74, 6) is 0.164. The molecule has 0 radical (unpaired) electrons. The van der Waals surface area contributed by atoms with E-state index in [-0.39, 0.29) is 30.2 Å². The van der Waals surface area contributed by atoms with Gasteiger partial charge in [0, 0.05) is 19.3 Å². The molecule has 3 fully saturated rings. The average Bonchev–Trinajstić information content (AvgIpc) is 2.55. The molecule has 120 valence electrons. The summed E-state index contributed by atoms with van der Waals surface area (Å²) >= 11 is 0. The number of carbonyl (C=O) groups excluding carboxylic acids is 1. The zero-order valence-corrected chi connectivity index (χ0v) is 12.9. The number of β-lactam (4-membered cyclic amide) rings is 1. The van der Waals surface area contributed by atoms with Gasteiger partial charge in [0.1, 0.15) is 6.23 Å². The monoisotopic (exact) mass is 297 g/mol. The molecule has 3 rings (SSSR count). The SMILES string of the molecule is CC1C(=O)N(C2CCCCO2)C1CC(O)C1CCCCO1. The lowest BCUT2D eigenvalue weighted by Gasteiger charge is -2.51. The second-order valence-corrected chi connectivity index (χ2v) is 6.63. The normalized spacial score (nSPS) is 39.0. The van der Waals surface area contributed by atoms with Crippen LogP contribution in [0, 0.1) is 5.92 Å². The second kappa shape index (κ2) is 6.63. The van der Waals surface area contributed by atoms with Gasteiger partial charge in [0.25, 0.3) is 0 Å². The van der Waals surface area contributed by atoms with Gasteiger partial charge in [0.05, 0.1) is 18.1 Å². The highest BCUT2D eigenvalue weighted by Gasteiger charge is 2.49. The number of ether oxygens (including phenoxy) is 2. The minimum Gasteiger partial charge on any atom is -0.390 e. The van der Waals surface area contributed by atoms with Crippen LogP contribution < -0.4 is 0 Å². The van der Waals surface area contributed by atoms with Crippen molar-refractivity contribution in [2.75, 3.05) is 13.2 Å². The number of hydrogen-bond donors (Lipinski definition) is 1. The van der Waals surface area contributed by atoms with Crippen LogP contribution in [0.1, 0.15) is 51.9 Å². The van der Waals surface area contributed by atoms with E-state index < -0.39 is 6.10 Å². The van der Waals surface area contributed by atoms with Crippen LogP contribution in [0.25, 0.3) is 0 Å². The fourth-order valence-electron chi connectivity index (χ4n) is 3.81. The van der Waals surface area contributed by atoms with E-state index in [0.29, 0.717) is 6.42 Å². The van der Waals surface area contributed by atoms with Gasteiger partial charge >= 0.3 is 0 Å². The lowest BCUT2D eigenvalue weighted by molar-refractivity contribution is -0.192. The van der Waals surface area contributed by atoms with Gasteiger partial charge in [-0.25, -0.2) is 0 Å². The molecular weight excluding hydrogens is 270 g/mol. The van der Waals surface area contributed by atoms with Crippen molar-refractivity contribution in [2.45, 2.75) is 76.3 Å². The highest BCUT2D eigenvalue weighted by Crippen LogP contribution is 2.36. The van der Waals surface area contributed by atoms with Crippen molar-refractivity contribution in [3.05, 3.63) is 0 Å².